The van der Waals surface area contributed by atoms with E-state index in [1.807, 2.05) is 26.0 Å². The molecule has 1 aromatic rings. The minimum Gasteiger partial charge on any atom is -0.370 e. The van der Waals surface area contributed by atoms with Gasteiger partial charge >= 0.3 is 0 Å². The Balaban J connectivity index is 2.42. The van der Waals surface area contributed by atoms with Gasteiger partial charge in [-0.3, -0.25) is 9.59 Å². The summed E-state index contributed by atoms with van der Waals surface area (Å²) in [4.78, 5) is 24.8. The molecule has 0 aliphatic heterocycles. The number of nitrogens with one attached hydrogen (secondary N) is 1. The minimum absolute atomic E-state index is 0.0190. The number of nitrogens with two attached hydrogens (primary N) is 2. The van der Waals surface area contributed by atoms with E-state index in [0.717, 1.165) is 6.42 Å². The van der Waals surface area contributed by atoms with Crippen LogP contribution in [0.4, 0.5) is 0 Å². The lowest BCUT2D eigenvalue weighted by molar-refractivity contribution is -0.126. The number of hydrogen-bond acceptors (Lipinski definition) is 4. The summed E-state index contributed by atoms with van der Waals surface area (Å²) in [6, 6.07) is 3.21. The Morgan fingerprint density at radius 3 is 2.61 bits per heavy atom. The Bertz CT molecular complexity index is 431. The van der Waals surface area contributed by atoms with Gasteiger partial charge in [-0.05, 0) is 26.0 Å². The highest BCUT2D eigenvalue weighted by Gasteiger charge is 2.18. The summed E-state index contributed by atoms with van der Waals surface area (Å²) in [7, 11) is 0. The Hall–Kier alpha value is -1.40. The van der Waals surface area contributed by atoms with Gasteiger partial charge in [0.25, 0.3) is 0 Å². The number of thiophene rings is 1. The lowest BCUT2D eigenvalue weighted by Crippen LogP contribution is -2.46. The molecule has 0 aliphatic rings. The van der Waals surface area contributed by atoms with Crippen molar-refractivity contribution in [3.05, 3.63) is 21.9 Å². The van der Waals surface area contributed by atoms with Crippen LogP contribution in [0.15, 0.2) is 12.1 Å². The van der Waals surface area contributed by atoms with Crippen LogP contribution in [0.25, 0.3) is 0 Å². The molecule has 0 saturated carbocycles. The predicted molar refractivity (Wildman–Crippen MR) is 72.2 cm³/mol. The highest BCUT2D eigenvalue weighted by molar-refractivity contribution is 7.11. The SMILES string of the molecule is Cc1ccc(CC(C)NC(=O)C(N)CC(N)=O)s1. The first-order valence-corrected chi connectivity index (χ1v) is 6.59. The van der Waals surface area contributed by atoms with Gasteiger partial charge in [0, 0.05) is 22.2 Å². The number of primary amides is 1. The van der Waals surface area contributed by atoms with Crippen molar-refractivity contribution in [2.45, 2.75) is 38.8 Å². The van der Waals surface area contributed by atoms with E-state index in [9.17, 15) is 9.59 Å². The molecule has 0 saturated heterocycles. The van der Waals surface area contributed by atoms with E-state index in [-0.39, 0.29) is 18.4 Å². The molecule has 6 heteroatoms. The second-order valence-electron chi connectivity index (χ2n) is 4.40. The van der Waals surface area contributed by atoms with Gasteiger partial charge in [-0.15, -0.1) is 11.3 Å². The fraction of sp³-hybridized carbons (Fsp3) is 0.500. The zero-order valence-corrected chi connectivity index (χ0v) is 11.4. The maximum absolute atomic E-state index is 11.6. The van der Waals surface area contributed by atoms with Crippen molar-refractivity contribution >= 4 is 23.2 Å². The number of carbonyl (C=O) groups is 2. The van der Waals surface area contributed by atoms with E-state index < -0.39 is 11.9 Å². The van der Waals surface area contributed by atoms with E-state index in [2.05, 4.69) is 5.32 Å². The first-order chi connectivity index (χ1) is 8.38. The Kier molecular flexibility index (Phi) is 5.30. The third-order valence-electron chi connectivity index (χ3n) is 2.45. The van der Waals surface area contributed by atoms with E-state index in [0.29, 0.717) is 0 Å². The average Bonchev–Trinajstić information content (AvgIpc) is 2.62. The summed E-state index contributed by atoms with van der Waals surface area (Å²) in [5.41, 5.74) is 10.5. The Morgan fingerprint density at radius 1 is 1.44 bits per heavy atom. The van der Waals surface area contributed by atoms with Gasteiger partial charge in [0.1, 0.15) is 0 Å². The van der Waals surface area contributed by atoms with Crippen molar-refractivity contribution in [1.82, 2.24) is 5.32 Å². The number of aryl methyl sites for hydroxylation is 1. The summed E-state index contributed by atoms with van der Waals surface area (Å²) in [5.74, 6) is -0.909. The maximum Gasteiger partial charge on any atom is 0.237 e. The molecule has 5 N–H and O–H groups in total. The van der Waals surface area contributed by atoms with Crippen molar-refractivity contribution in [3.8, 4) is 0 Å². The standard InChI is InChI=1S/C12H19N3O2S/c1-7(5-9-4-3-8(2)18-9)15-12(17)10(13)6-11(14)16/h3-4,7,10H,5-6,13H2,1-2H3,(H2,14,16)(H,15,17). The fourth-order valence-corrected chi connectivity index (χ4v) is 2.63. The van der Waals surface area contributed by atoms with Crippen LogP contribution in [0.5, 0.6) is 0 Å². The van der Waals surface area contributed by atoms with Crippen molar-refractivity contribution in [3.63, 3.8) is 0 Å². The highest BCUT2D eigenvalue weighted by Crippen LogP contribution is 2.16. The van der Waals surface area contributed by atoms with Crippen molar-refractivity contribution in [2.75, 3.05) is 0 Å². The van der Waals surface area contributed by atoms with E-state index in [4.69, 9.17) is 11.5 Å². The van der Waals surface area contributed by atoms with Crippen LogP contribution in [-0.2, 0) is 16.0 Å². The zero-order valence-electron chi connectivity index (χ0n) is 10.6. The minimum atomic E-state index is -0.866. The van der Waals surface area contributed by atoms with Gasteiger partial charge < -0.3 is 16.8 Å². The summed E-state index contributed by atoms with van der Waals surface area (Å²) in [5, 5.41) is 2.78. The van der Waals surface area contributed by atoms with E-state index in [1.165, 1.54) is 9.75 Å². The van der Waals surface area contributed by atoms with Crippen LogP contribution in [0, 0.1) is 6.92 Å². The van der Waals surface area contributed by atoms with Crippen molar-refractivity contribution < 1.29 is 9.59 Å². The largest absolute Gasteiger partial charge is 0.370 e. The molecular weight excluding hydrogens is 250 g/mol. The van der Waals surface area contributed by atoms with E-state index in [1.54, 1.807) is 11.3 Å². The summed E-state index contributed by atoms with van der Waals surface area (Å²) in [6.45, 7) is 3.95. The second-order valence-corrected chi connectivity index (χ2v) is 5.78. The highest BCUT2D eigenvalue weighted by atomic mass is 32.1. The van der Waals surface area contributed by atoms with Crippen LogP contribution < -0.4 is 16.8 Å². The molecule has 1 heterocycles. The van der Waals surface area contributed by atoms with Crippen LogP contribution in [-0.4, -0.2) is 23.9 Å². The fourth-order valence-electron chi connectivity index (χ4n) is 1.61. The summed E-state index contributed by atoms with van der Waals surface area (Å²) < 4.78 is 0. The molecular formula is C12H19N3O2S. The molecule has 0 radical (unpaired) electrons. The maximum atomic E-state index is 11.6. The van der Waals surface area contributed by atoms with E-state index >= 15 is 0 Å². The van der Waals surface area contributed by atoms with Crippen LogP contribution in [0.3, 0.4) is 0 Å². The molecule has 1 aromatic heterocycles. The molecule has 0 fully saturated rings. The molecule has 1 rings (SSSR count). The predicted octanol–water partition coefficient (Wildman–Crippen LogP) is 0.306. The summed E-state index contributed by atoms with van der Waals surface area (Å²) in [6.07, 6.45) is 0.629. The molecule has 0 aliphatic carbocycles. The van der Waals surface area contributed by atoms with Gasteiger partial charge in [0.15, 0.2) is 0 Å². The molecule has 18 heavy (non-hydrogen) atoms. The van der Waals surface area contributed by atoms with Gasteiger partial charge in [0.05, 0.1) is 12.5 Å². The van der Waals surface area contributed by atoms with Gasteiger partial charge in [-0.1, -0.05) is 0 Å². The number of amides is 2. The topological polar surface area (TPSA) is 98.2 Å². The first-order valence-electron chi connectivity index (χ1n) is 5.78. The average molecular weight is 269 g/mol. The van der Waals surface area contributed by atoms with Gasteiger partial charge in [-0.2, -0.15) is 0 Å². The lowest BCUT2D eigenvalue weighted by Gasteiger charge is -2.16. The zero-order chi connectivity index (χ0) is 13.7. The van der Waals surface area contributed by atoms with Crippen LogP contribution >= 0.6 is 11.3 Å². The molecule has 5 nitrogen and oxygen atoms in total. The Labute approximate surface area is 111 Å². The quantitative estimate of drug-likeness (QED) is 0.693. The molecule has 2 unspecified atom stereocenters. The normalized spacial score (nSPS) is 13.9. The smallest absolute Gasteiger partial charge is 0.237 e. The third-order valence-corrected chi connectivity index (χ3v) is 3.47. The second kappa shape index (κ2) is 6.51. The monoisotopic (exact) mass is 269 g/mol. The molecule has 2 amide bonds. The van der Waals surface area contributed by atoms with Gasteiger partial charge in [0.2, 0.25) is 11.8 Å². The molecule has 0 bridgehead atoms. The summed E-state index contributed by atoms with van der Waals surface area (Å²) >= 11 is 1.71. The lowest BCUT2D eigenvalue weighted by atomic mass is 10.1. The molecule has 100 valence electrons. The van der Waals surface area contributed by atoms with Crippen molar-refractivity contribution in [2.24, 2.45) is 11.5 Å². The number of hydrogen-bond donors (Lipinski definition) is 3. The van der Waals surface area contributed by atoms with Crippen LogP contribution in [0.1, 0.15) is 23.1 Å². The number of carbonyl (C=O) groups excluding carboxylic acids is 2. The Morgan fingerprint density at radius 2 is 2.11 bits per heavy atom. The molecule has 0 spiro atoms. The molecule has 2 atom stereocenters. The van der Waals surface area contributed by atoms with Crippen LogP contribution in [0.2, 0.25) is 0 Å². The van der Waals surface area contributed by atoms with Crippen molar-refractivity contribution in [1.29, 1.82) is 0 Å². The van der Waals surface area contributed by atoms with Gasteiger partial charge in [-0.25, -0.2) is 0 Å². The first kappa shape index (κ1) is 14.7. The molecule has 0 aromatic carbocycles. The third kappa shape index (κ3) is 4.85. The number of rotatable bonds is 6.